The lowest BCUT2D eigenvalue weighted by Crippen LogP contribution is -2.38. The maximum absolute atomic E-state index is 12.8. The molecule has 0 saturated carbocycles. The summed E-state index contributed by atoms with van der Waals surface area (Å²) in [5, 5.41) is 8.66. The van der Waals surface area contributed by atoms with Crippen LogP contribution in [-0.2, 0) is 4.79 Å². The largest absolute Gasteiger partial charge is 0.481 e. The average Bonchev–Trinajstić information content (AvgIpc) is 2.46. The Bertz CT molecular complexity index is 478. The van der Waals surface area contributed by atoms with Gasteiger partial charge in [-0.05, 0) is 49.4 Å². The minimum Gasteiger partial charge on any atom is -0.481 e. The molecule has 0 radical (unpaired) electrons. The van der Waals surface area contributed by atoms with Crippen molar-refractivity contribution >= 4 is 11.9 Å². The summed E-state index contributed by atoms with van der Waals surface area (Å²) in [5.41, 5.74) is 0.496. The van der Waals surface area contributed by atoms with Gasteiger partial charge in [0, 0.05) is 25.1 Å². The zero-order valence-electron chi connectivity index (χ0n) is 11.2. The highest BCUT2D eigenvalue weighted by atomic mass is 19.1. The molecule has 1 aliphatic heterocycles. The number of carboxylic acids is 1. The number of piperidine rings is 1. The van der Waals surface area contributed by atoms with Crippen LogP contribution in [0.5, 0.6) is 0 Å². The molecule has 0 bridgehead atoms. The number of halogens is 1. The first kappa shape index (κ1) is 14.5. The maximum Gasteiger partial charge on any atom is 0.303 e. The summed E-state index contributed by atoms with van der Waals surface area (Å²) in [6.45, 7) is 1.28. The van der Waals surface area contributed by atoms with Crippen LogP contribution in [0, 0.1) is 11.7 Å². The number of carbonyl (C=O) groups is 2. The first-order valence-corrected chi connectivity index (χ1v) is 6.83. The average molecular weight is 279 g/mol. The second kappa shape index (κ2) is 6.50. The Kier molecular flexibility index (Phi) is 4.71. The molecule has 0 atom stereocenters. The molecular formula is C15H18FNO3. The molecule has 4 nitrogen and oxygen atoms in total. The number of carboxylic acid groups (broad SMARTS) is 1. The molecule has 0 unspecified atom stereocenters. The lowest BCUT2D eigenvalue weighted by Gasteiger charge is -2.32. The van der Waals surface area contributed by atoms with Gasteiger partial charge in [-0.25, -0.2) is 4.39 Å². The predicted molar refractivity (Wildman–Crippen MR) is 71.9 cm³/mol. The summed E-state index contributed by atoms with van der Waals surface area (Å²) in [4.78, 5) is 24.5. The van der Waals surface area contributed by atoms with Gasteiger partial charge in [-0.2, -0.15) is 0 Å². The van der Waals surface area contributed by atoms with Crippen LogP contribution in [0.4, 0.5) is 4.39 Å². The van der Waals surface area contributed by atoms with E-state index in [-0.39, 0.29) is 18.1 Å². The van der Waals surface area contributed by atoms with Crippen molar-refractivity contribution in [3.05, 3.63) is 35.6 Å². The quantitative estimate of drug-likeness (QED) is 0.921. The number of nitrogens with zero attached hydrogens (tertiary/aromatic N) is 1. The lowest BCUT2D eigenvalue weighted by atomic mass is 9.92. The zero-order chi connectivity index (χ0) is 14.5. The number of likely N-dealkylation sites (tertiary alicyclic amines) is 1. The van der Waals surface area contributed by atoms with Gasteiger partial charge in [-0.15, -0.1) is 0 Å². The molecule has 0 aliphatic carbocycles. The number of aliphatic carboxylic acids is 1. The second-order valence-electron chi connectivity index (χ2n) is 5.17. The summed E-state index contributed by atoms with van der Waals surface area (Å²) < 4.78 is 12.8. The van der Waals surface area contributed by atoms with Crippen LogP contribution in [0.1, 0.15) is 36.0 Å². The minimum atomic E-state index is -0.769. The lowest BCUT2D eigenvalue weighted by molar-refractivity contribution is -0.137. The van der Waals surface area contributed by atoms with E-state index in [0.29, 0.717) is 31.0 Å². The molecule has 20 heavy (non-hydrogen) atoms. The molecule has 1 amide bonds. The number of benzene rings is 1. The minimum absolute atomic E-state index is 0.0818. The Hall–Kier alpha value is -1.91. The van der Waals surface area contributed by atoms with E-state index in [1.54, 1.807) is 4.90 Å². The number of carbonyl (C=O) groups excluding carboxylic acids is 1. The summed E-state index contributed by atoms with van der Waals surface area (Å²) in [6.07, 6.45) is 2.53. The molecule has 1 fully saturated rings. The van der Waals surface area contributed by atoms with Crippen LogP contribution in [0.15, 0.2) is 24.3 Å². The van der Waals surface area contributed by atoms with Crippen LogP contribution in [0.2, 0.25) is 0 Å². The van der Waals surface area contributed by atoms with Crippen molar-refractivity contribution in [3.8, 4) is 0 Å². The highest BCUT2D eigenvalue weighted by Crippen LogP contribution is 2.23. The van der Waals surface area contributed by atoms with Crippen molar-refractivity contribution in [1.82, 2.24) is 4.90 Å². The van der Waals surface area contributed by atoms with E-state index in [0.717, 1.165) is 12.8 Å². The van der Waals surface area contributed by atoms with Crippen molar-refractivity contribution < 1.29 is 19.1 Å². The van der Waals surface area contributed by atoms with Crippen molar-refractivity contribution in [3.63, 3.8) is 0 Å². The highest BCUT2D eigenvalue weighted by molar-refractivity contribution is 5.94. The maximum atomic E-state index is 12.8. The monoisotopic (exact) mass is 279 g/mol. The van der Waals surface area contributed by atoms with E-state index in [2.05, 4.69) is 0 Å². The van der Waals surface area contributed by atoms with Crippen molar-refractivity contribution in [1.29, 1.82) is 0 Å². The summed E-state index contributed by atoms with van der Waals surface area (Å²) >= 11 is 0. The fraction of sp³-hybridized carbons (Fsp3) is 0.467. The first-order chi connectivity index (χ1) is 9.56. The third-order valence-electron chi connectivity index (χ3n) is 3.76. The van der Waals surface area contributed by atoms with E-state index in [1.165, 1.54) is 24.3 Å². The van der Waals surface area contributed by atoms with Crippen molar-refractivity contribution in [2.75, 3.05) is 13.1 Å². The number of amides is 1. The van der Waals surface area contributed by atoms with E-state index in [9.17, 15) is 14.0 Å². The van der Waals surface area contributed by atoms with Crippen molar-refractivity contribution in [2.24, 2.45) is 5.92 Å². The molecule has 5 heteroatoms. The molecular weight excluding hydrogens is 261 g/mol. The predicted octanol–water partition coefficient (Wildman–Crippen LogP) is 2.54. The molecule has 1 aromatic rings. The summed E-state index contributed by atoms with van der Waals surface area (Å²) in [7, 11) is 0. The standard InChI is InChI=1S/C15H18FNO3/c16-13-4-2-12(3-5-13)15(20)17-9-7-11(8-10-17)1-6-14(18)19/h2-5,11H,1,6-10H2,(H,18,19). The molecule has 1 N–H and O–H groups in total. The second-order valence-corrected chi connectivity index (χ2v) is 5.17. The normalized spacial score (nSPS) is 16.1. The number of rotatable bonds is 4. The van der Waals surface area contributed by atoms with Gasteiger partial charge >= 0.3 is 5.97 Å². The highest BCUT2D eigenvalue weighted by Gasteiger charge is 2.23. The van der Waals surface area contributed by atoms with Gasteiger partial charge in [0.15, 0.2) is 0 Å². The molecule has 0 spiro atoms. The van der Waals surface area contributed by atoms with Gasteiger partial charge in [0.1, 0.15) is 5.82 Å². The van der Waals surface area contributed by atoms with Gasteiger partial charge < -0.3 is 10.0 Å². The Labute approximate surface area is 117 Å². The molecule has 2 rings (SSSR count). The van der Waals surface area contributed by atoms with Gasteiger partial charge in [-0.1, -0.05) is 0 Å². The Morgan fingerprint density at radius 2 is 1.80 bits per heavy atom. The fourth-order valence-corrected chi connectivity index (χ4v) is 2.53. The van der Waals surface area contributed by atoms with Crippen LogP contribution < -0.4 is 0 Å². The molecule has 108 valence electrons. The SMILES string of the molecule is O=C(O)CCC1CCN(C(=O)c2ccc(F)cc2)CC1. The molecule has 1 saturated heterocycles. The van der Waals surface area contributed by atoms with E-state index in [4.69, 9.17) is 5.11 Å². The van der Waals surface area contributed by atoms with Crippen molar-refractivity contribution in [2.45, 2.75) is 25.7 Å². The van der Waals surface area contributed by atoms with E-state index >= 15 is 0 Å². The van der Waals surface area contributed by atoms with Gasteiger partial charge in [0.2, 0.25) is 0 Å². The third kappa shape index (κ3) is 3.79. The van der Waals surface area contributed by atoms with Crippen LogP contribution in [-0.4, -0.2) is 35.0 Å². The zero-order valence-corrected chi connectivity index (χ0v) is 11.2. The molecule has 1 aliphatic rings. The molecule has 1 aromatic carbocycles. The Morgan fingerprint density at radius 1 is 1.20 bits per heavy atom. The third-order valence-corrected chi connectivity index (χ3v) is 3.76. The Morgan fingerprint density at radius 3 is 2.35 bits per heavy atom. The Balaban J connectivity index is 1.85. The smallest absolute Gasteiger partial charge is 0.303 e. The molecule has 0 aromatic heterocycles. The van der Waals surface area contributed by atoms with E-state index in [1.807, 2.05) is 0 Å². The summed E-state index contributed by atoms with van der Waals surface area (Å²) in [5.74, 6) is -0.825. The van der Waals surface area contributed by atoms with Gasteiger partial charge in [0.05, 0.1) is 0 Å². The van der Waals surface area contributed by atoms with Gasteiger partial charge in [-0.3, -0.25) is 9.59 Å². The topological polar surface area (TPSA) is 57.6 Å². The van der Waals surface area contributed by atoms with Crippen LogP contribution in [0.3, 0.4) is 0 Å². The number of hydrogen-bond acceptors (Lipinski definition) is 2. The van der Waals surface area contributed by atoms with Crippen LogP contribution >= 0.6 is 0 Å². The van der Waals surface area contributed by atoms with Crippen LogP contribution in [0.25, 0.3) is 0 Å². The summed E-state index contributed by atoms with van der Waals surface area (Å²) in [6, 6.07) is 5.56. The van der Waals surface area contributed by atoms with E-state index < -0.39 is 5.97 Å². The fourth-order valence-electron chi connectivity index (χ4n) is 2.53. The van der Waals surface area contributed by atoms with Gasteiger partial charge in [0.25, 0.3) is 5.91 Å². The number of hydrogen-bond donors (Lipinski definition) is 1. The molecule has 1 heterocycles. The first-order valence-electron chi connectivity index (χ1n) is 6.83.